The third-order valence-electron chi connectivity index (χ3n) is 20.2. The van der Waals surface area contributed by atoms with Crippen molar-refractivity contribution in [1.82, 2.24) is 118 Å². The van der Waals surface area contributed by atoms with Gasteiger partial charge in [0.05, 0.1) is 107 Å². The number of fused-ring (bicyclic) bond motifs is 4. The van der Waals surface area contributed by atoms with Gasteiger partial charge in [0.15, 0.2) is 5.82 Å². The number of para-hydroxylation sites is 2. The molecule has 112 heavy (non-hydrogen) atoms. The van der Waals surface area contributed by atoms with Crippen molar-refractivity contribution >= 4 is 44.1 Å². The monoisotopic (exact) mass is 1510 g/mol. The quantitative estimate of drug-likeness (QED) is 0.0333. The molecule has 0 aliphatic heterocycles. The minimum Gasteiger partial charge on any atom is -0.348 e. The summed E-state index contributed by atoms with van der Waals surface area (Å²) in [6.45, 7) is 16.9. The second-order valence-corrected chi connectivity index (χ2v) is 28.0. The van der Waals surface area contributed by atoms with E-state index in [9.17, 15) is 17.6 Å². The van der Waals surface area contributed by atoms with Crippen molar-refractivity contribution in [2.45, 2.75) is 106 Å². The van der Waals surface area contributed by atoms with Crippen LogP contribution in [0.4, 0.5) is 17.6 Å². The van der Waals surface area contributed by atoms with Crippen LogP contribution >= 0.6 is 0 Å². The molecule has 0 saturated carbocycles. The lowest BCUT2D eigenvalue weighted by atomic mass is 10.2. The van der Waals surface area contributed by atoms with E-state index in [2.05, 4.69) is 146 Å². The van der Waals surface area contributed by atoms with Crippen molar-refractivity contribution in [1.29, 1.82) is 0 Å². The number of pyridine rings is 4. The van der Waals surface area contributed by atoms with Crippen LogP contribution in [0.25, 0.3) is 44.1 Å². The van der Waals surface area contributed by atoms with Gasteiger partial charge in [0, 0.05) is 185 Å². The first-order valence-corrected chi connectivity index (χ1v) is 37.2. The summed E-state index contributed by atoms with van der Waals surface area (Å²) in [6.07, 6.45) is 24.8. The maximum atomic E-state index is 14.2. The van der Waals surface area contributed by atoms with Crippen LogP contribution < -0.4 is 0 Å². The van der Waals surface area contributed by atoms with Crippen LogP contribution in [0.3, 0.4) is 0 Å². The van der Waals surface area contributed by atoms with Gasteiger partial charge >= 0.3 is 0 Å². The Morgan fingerprint density at radius 3 is 1.11 bits per heavy atom. The maximum Gasteiger partial charge on any atom is 0.151 e. The van der Waals surface area contributed by atoms with E-state index < -0.39 is 0 Å². The third-order valence-corrected chi connectivity index (χ3v) is 20.2. The first-order chi connectivity index (χ1) is 54.4. The number of imidazole rings is 8. The molecule has 576 valence electrons. The number of hydrogen-bond acceptors (Lipinski definition) is 16. The van der Waals surface area contributed by atoms with Gasteiger partial charge in [-0.2, -0.15) is 0 Å². The summed E-state index contributed by atoms with van der Waals surface area (Å²) in [6, 6.07) is 35.6. The van der Waals surface area contributed by atoms with Gasteiger partial charge in [-0.3, -0.25) is 39.5 Å². The molecule has 4 aromatic carbocycles. The SMILES string of the molecule is Cc1cccnc1CN(CCc1cnc[nH]1)Cc1nc2c(F)cccc2n1C.Cc1cccnc1CN(CCc1cnc[nH]1)Cc1nc2cc(F)ccc2n1C.Cc1cccnc1CN(CCc1cnc[nH]1)Cc1nc2ccc(F)cc2n1C.Cc1cccnc1CN(CCc1cnc[nH]1)Cc1nc2cccc(F)c2n1C. The minimum atomic E-state index is -0.288. The second-order valence-electron chi connectivity index (χ2n) is 28.0. The molecule has 16 rings (SSSR count). The van der Waals surface area contributed by atoms with Crippen molar-refractivity contribution in [3.8, 4) is 0 Å². The van der Waals surface area contributed by atoms with Crippen molar-refractivity contribution in [3.63, 3.8) is 0 Å². The molecule has 12 aromatic heterocycles. The standard InChI is InChI=1S/4C21H23FN6/c1-15-5-4-9-24-18(15)12-28(10-8-16-11-23-14-25-16)13-20-26-21-17(22)6-3-7-19(21)27(20)2;1-15-5-4-9-24-19(15)12-28(10-8-16-11-23-14-25-16)13-20-26-18-7-3-6-17(22)21(18)27(20)2;1-15-4-3-8-24-19(15)12-28(9-7-17-11-23-14-25-17)13-21-26-18-10-16(22)5-6-20(18)27(21)2;1-15-4-3-8-24-19(15)12-28(9-7-17-11-23-14-25-17)13-21-26-18-6-5-16(22)10-20(18)27(21)2/h2*3-7,9,11,14H,8,10,12-13H2,1-2H3,(H,23,25);2*3-6,8,10-11,14H,7,9,12-13H2,1-2H3,(H,23,25). The van der Waals surface area contributed by atoms with Crippen LogP contribution in [0.1, 0.15) is 91.1 Å². The smallest absolute Gasteiger partial charge is 0.151 e. The van der Waals surface area contributed by atoms with Gasteiger partial charge in [-0.25, -0.2) is 57.4 Å². The summed E-state index contributed by atoms with van der Waals surface area (Å²) < 4.78 is 63.4. The Morgan fingerprint density at radius 1 is 0.330 bits per heavy atom. The Bertz CT molecular complexity index is 5490. The molecule has 0 radical (unpaired) electrons. The van der Waals surface area contributed by atoms with Gasteiger partial charge in [-0.15, -0.1) is 0 Å². The lowest BCUT2D eigenvalue weighted by molar-refractivity contribution is 0.247. The van der Waals surface area contributed by atoms with E-state index in [0.29, 0.717) is 61.3 Å². The van der Waals surface area contributed by atoms with Crippen molar-refractivity contribution in [3.05, 3.63) is 311 Å². The molecule has 0 aliphatic rings. The predicted octanol–water partition coefficient (Wildman–Crippen LogP) is 13.5. The molecular weight excluding hydrogens is 1420 g/mol. The second kappa shape index (κ2) is 37.0. The van der Waals surface area contributed by atoms with E-state index in [-0.39, 0.29) is 23.3 Å². The first-order valence-electron chi connectivity index (χ1n) is 37.2. The van der Waals surface area contributed by atoms with Crippen LogP contribution in [-0.2, 0) is 106 Å². The number of H-pyrrole nitrogens is 4. The predicted molar refractivity (Wildman–Crippen MR) is 424 cm³/mol. The minimum absolute atomic E-state index is 0.247. The third kappa shape index (κ3) is 20.0. The average molecular weight is 1510 g/mol. The topological polar surface area (TPSA) is 251 Å². The largest absolute Gasteiger partial charge is 0.348 e. The van der Waals surface area contributed by atoms with Gasteiger partial charge in [0.1, 0.15) is 51.8 Å². The summed E-state index contributed by atoms with van der Waals surface area (Å²) in [7, 11) is 7.71. The van der Waals surface area contributed by atoms with Crippen molar-refractivity contribution in [2.75, 3.05) is 26.2 Å². The zero-order valence-electron chi connectivity index (χ0n) is 64.2. The molecule has 0 amide bonds. The first kappa shape index (κ1) is 77.9. The van der Waals surface area contributed by atoms with Crippen LogP contribution in [-0.4, -0.2) is 144 Å². The summed E-state index contributed by atoms with van der Waals surface area (Å²) in [5.74, 6) is 2.42. The molecule has 0 aliphatic carbocycles. The molecule has 24 nitrogen and oxygen atoms in total. The molecule has 0 atom stereocenters. The Morgan fingerprint density at radius 2 is 0.696 bits per heavy atom. The summed E-state index contributed by atoms with van der Waals surface area (Å²) >= 11 is 0. The summed E-state index contributed by atoms with van der Waals surface area (Å²) in [5, 5.41) is 0. The average Bonchev–Trinajstić information content (AvgIpc) is 1.67. The number of benzene rings is 4. The van der Waals surface area contributed by atoms with Crippen molar-refractivity contribution in [2.24, 2.45) is 28.2 Å². The van der Waals surface area contributed by atoms with Crippen LogP contribution in [0.2, 0.25) is 0 Å². The molecule has 0 unspecified atom stereocenters. The Hall–Kier alpha value is -12.2. The number of aromatic nitrogens is 20. The highest BCUT2D eigenvalue weighted by molar-refractivity contribution is 5.78. The normalized spacial score (nSPS) is 11.6. The molecule has 0 bridgehead atoms. The molecule has 0 spiro atoms. The summed E-state index contributed by atoms with van der Waals surface area (Å²) in [4.78, 5) is 74.9. The van der Waals surface area contributed by atoms with Gasteiger partial charge < -0.3 is 38.2 Å². The van der Waals surface area contributed by atoms with E-state index in [4.69, 9.17) is 4.98 Å². The molecule has 0 saturated heterocycles. The van der Waals surface area contributed by atoms with Gasteiger partial charge in [-0.1, -0.05) is 36.4 Å². The zero-order valence-corrected chi connectivity index (χ0v) is 64.2. The number of aromatic amines is 4. The Labute approximate surface area is 646 Å². The zero-order chi connectivity index (χ0) is 78.0. The Kier molecular flexibility index (Phi) is 25.7. The fraction of sp³-hybridized carbons (Fsp3) is 0.286. The van der Waals surface area contributed by atoms with Gasteiger partial charge in [0.2, 0.25) is 0 Å². The van der Waals surface area contributed by atoms with Gasteiger partial charge in [0.25, 0.3) is 0 Å². The fourth-order valence-corrected chi connectivity index (χ4v) is 13.5. The maximum absolute atomic E-state index is 14.2. The van der Waals surface area contributed by atoms with E-state index in [1.165, 1.54) is 47.5 Å². The van der Waals surface area contributed by atoms with E-state index in [0.717, 1.165) is 167 Å². The number of rotatable bonds is 28. The van der Waals surface area contributed by atoms with E-state index in [1.54, 1.807) is 49.6 Å². The van der Waals surface area contributed by atoms with Crippen molar-refractivity contribution < 1.29 is 17.6 Å². The molecular formula is C84H92F4N24. The van der Waals surface area contributed by atoms with E-state index in [1.807, 2.05) is 132 Å². The summed E-state index contributed by atoms with van der Waals surface area (Å²) in [5.41, 5.74) is 18.8. The number of aryl methyl sites for hydroxylation is 8. The molecule has 12 heterocycles. The molecule has 0 fully saturated rings. The molecule has 28 heteroatoms. The van der Waals surface area contributed by atoms with Crippen LogP contribution in [0.15, 0.2) is 196 Å². The number of nitrogens with one attached hydrogen (secondary N) is 4. The van der Waals surface area contributed by atoms with Crippen LogP contribution in [0, 0.1) is 51.0 Å². The van der Waals surface area contributed by atoms with E-state index >= 15 is 0 Å². The lowest BCUT2D eigenvalue weighted by Crippen LogP contribution is -2.27. The Balaban J connectivity index is 0.000000131. The highest BCUT2D eigenvalue weighted by Gasteiger charge is 2.22. The number of hydrogen-bond donors (Lipinski definition) is 4. The number of nitrogens with zero attached hydrogens (tertiary/aromatic N) is 20. The lowest BCUT2D eigenvalue weighted by Gasteiger charge is -2.22. The van der Waals surface area contributed by atoms with Crippen LogP contribution in [0.5, 0.6) is 0 Å². The molecule has 4 N–H and O–H groups in total. The number of halogens is 4. The highest BCUT2D eigenvalue weighted by Crippen LogP contribution is 2.26. The molecule has 16 aromatic rings. The highest BCUT2D eigenvalue weighted by atomic mass is 19.1. The van der Waals surface area contributed by atoms with Gasteiger partial charge in [-0.05, 0) is 129 Å². The fourth-order valence-electron chi connectivity index (χ4n) is 13.5.